The molecule has 0 N–H and O–H groups in total. The zero-order valence-corrected chi connectivity index (χ0v) is 22.2. The molecule has 16 atom stereocenters. The van der Waals surface area contributed by atoms with Crippen molar-refractivity contribution in [3.05, 3.63) is 35.4 Å². The second-order valence-corrected chi connectivity index (χ2v) is 13.1. The fourth-order valence-corrected chi connectivity index (χ4v) is 11.5. The minimum atomic E-state index is -5.40. The van der Waals surface area contributed by atoms with Gasteiger partial charge in [0.1, 0.15) is 12.2 Å². The van der Waals surface area contributed by atoms with Gasteiger partial charge in [-0.1, -0.05) is 24.3 Å². The lowest BCUT2D eigenvalue weighted by atomic mass is 9.46. The molecular weight excluding hydrogens is 594 g/mol. The number of methoxy groups -OCH3 is 2. The summed E-state index contributed by atoms with van der Waals surface area (Å²) in [6.07, 6.45) is -18.7. The second-order valence-electron chi connectivity index (χ2n) is 13.1. The molecule has 0 spiro atoms. The predicted molar refractivity (Wildman–Crippen MR) is 121 cm³/mol. The number of carbonyl (C=O) groups excluding carboxylic acids is 2. The lowest BCUT2D eigenvalue weighted by molar-refractivity contribution is -0.220. The van der Waals surface area contributed by atoms with Crippen molar-refractivity contribution >= 4 is 11.9 Å². The molecule has 43 heavy (non-hydrogen) atoms. The largest absolute Gasteiger partial charge is 0.467 e. The van der Waals surface area contributed by atoms with Gasteiger partial charge in [0.2, 0.25) is 11.2 Å². The second kappa shape index (κ2) is 6.86. The average molecular weight is 616 g/mol. The van der Waals surface area contributed by atoms with Crippen LogP contribution in [0.5, 0.6) is 0 Å². The number of epoxide rings is 1. The first kappa shape index (κ1) is 25.8. The highest BCUT2D eigenvalue weighted by Gasteiger charge is 3.06. The number of alkyl halides is 6. The fraction of sp³-hybridized carbons (Fsp3) is 0.714. The van der Waals surface area contributed by atoms with Crippen LogP contribution in [-0.2, 0) is 42.7 Å². The van der Waals surface area contributed by atoms with Crippen molar-refractivity contribution in [3.8, 4) is 0 Å². The fourth-order valence-electron chi connectivity index (χ4n) is 11.5. The minimum absolute atomic E-state index is 0.713. The summed E-state index contributed by atoms with van der Waals surface area (Å²) >= 11 is 0. The van der Waals surface area contributed by atoms with Crippen molar-refractivity contribution in [1.82, 2.24) is 0 Å². The van der Waals surface area contributed by atoms with Gasteiger partial charge < -0.3 is 33.2 Å². The number of esters is 2. The van der Waals surface area contributed by atoms with Crippen LogP contribution in [0.1, 0.15) is 23.3 Å². The molecule has 8 fully saturated rings. The Morgan fingerprint density at radius 2 is 1.12 bits per heavy atom. The number of fused-ring (bicyclic) bond motifs is 29. The Hall–Kier alpha value is -2.46. The highest BCUT2D eigenvalue weighted by atomic mass is 19.4. The third kappa shape index (κ3) is 2.14. The number of carbonyl (C=O) groups is 2. The molecule has 1 aromatic rings. The Morgan fingerprint density at radius 3 is 1.51 bits per heavy atom. The summed E-state index contributed by atoms with van der Waals surface area (Å²) in [5.41, 5.74) is -9.44. The van der Waals surface area contributed by atoms with Gasteiger partial charge in [0.25, 0.3) is 0 Å². The first-order chi connectivity index (χ1) is 20.3. The Morgan fingerprint density at radius 1 is 0.674 bits per heavy atom. The molecule has 9 nitrogen and oxygen atoms in total. The van der Waals surface area contributed by atoms with E-state index >= 15 is 0 Å². The smallest absolute Gasteiger partial charge is 0.423 e. The monoisotopic (exact) mass is 616 g/mol. The first-order valence-corrected chi connectivity index (χ1v) is 14.1. The highest BCUT2D eigenvalue weighted by Crippen LogP contribution is 2.85. The summed E-state index contributed by atoms with van der Waals surface area (Å²) in [5.74, 6) is -7.83. The maximum absolute atomic E-state index is 14.5. The zero-order chi connectivity index (χ0) is 30.0. The van der Waals surface area contributed by atoms with Crippen LogP contribution in [0.4, 0.5) is 26.3 Å². The first-order valence-electron chi connectivity index (χ1n) is 14.1. The predicted octanol–water partition coefficient (Wildman–Crippen LogP) is 2.57. The molecule has 16 unspecified atom stereocenters. The molecule has 8 saturated heterocycles. The molecule has 15 heteroatoms. The van der Waals surface area contributed by atoms with Gasteiger partial charge in [-0.2, -0.15) is 26.3 Å². The lowest BCUT2D eigenvalue weighted by Crippen LogP contribution is -2.68. The van der Waals surface area contributed by atoms with Gasteiger partial charge in [-0.15, -0.1) is 0 Å². The molecule has 0 amide bonds. The quantitative estimate of drug-likeness (QED) is 0.282. The highest BCUT2D eigenvalue weighted by molar-refractivity contribution is 5.90. The van der Waals surface area contributed by atoms with E-state index in [4.69, 9.17) is 33.2 Å². The Labute approximate surface area is 238 Å². The van der Waals surface area contributed by atoms with Crippen LogP contribution >= 0.6 is 0 Å². The Balaban J connectivity index is 1.18. The molecule has 9 aliphatic rings. The van der Waals surface area contributed by atoms with Crippen LogP contribution in [0.2, 0.25) is 0 Å². The van der Waals surface area contributed by atoms with Gasteiger partial charge >= 0.3 is 24.3 Å². The molecule has 9 aliphatic heterocycles. The lowest BCUT2D eigenvalue weighted by Gasteiger charge is -2.49. The van der Waals surface area contributed by atoms with Gasteiger partial charge in [0.05, 0.1) is 38.6 Å². The van der Waals surface area contributed by atoms with Gasteiger partial charge in [-0.05, 0) is 11.1 Å². The van der Waals surface area contributed by atoms with Gasteiger partial charge in [0.15, 0.2) is 11.2 Å². The van der Waals surface area contributed by atoms with Crippen molar-refractivity contribution in [2.45, 2.75) is 71.4 Å². The minimum Gasteiger partial charge on any atom is -0.467 e. The van der Waals surface area contributed by atoms with Crippen LogP contribution < -0.4 is 0 Å². The molecule has 0 aliphatic carbocycles. The third-order valence-corrected chi connectivity index (χ3v) is 12.3. The molecule has 10 rings (SSSR count). The molecule has 0 radical (unpaired) electrons. The summed E-state index contributed by atoms with van der Waals surface area (Å²) in [6.45, 7) is 0. The third-order valence-electron chi connectivity index (χ3n) is 12.3. The van der Waals surface area contributed by atoms with E-state index in [1.807, 2.05) is 12.1 Å². The zero-order valence-electron chi connectivity index (χ0n) is 22.2. The van der Waals surface area contributed by atoms with Crippen molar-refractivity contribution < 1.29 is 69.1 Å². The average Bonchev–Trinajstić information content (AvgIpc) is 3.69. The van der Waals surface area contributed by atoms with Crippen LogP contribution in [0.25, 0.3) is 0 Å². The maximum atomic E-state index is 14.5. The Kier molecular flexibility index (Phi) is 4.12. The molecule has 9 heterocycles. The normalized spacial score (nSPS) is 56.5. The molecule has 8 bridgehead atoms. The van der Waals surface area contributed by atoms with E-state index in [1.54, 1.807) is 12.1 Å². The number of hydrogen-bond acceptors (Lipinski definition) is 9. The van der Waals surface area contributed by atoms with E-state index in [-0.39, 0.29) is 0 Å². The summed E-state index contributed by atoms with van der Waals surface area (Å²) in [5, 5.41) is 0. The summed E-state index contributed by atoms with van der Waals surface area (Å²) in [4.78, 5) is 27.9. The summed E-state index contributed by atoms with van der Waals surface area (Å²) < 4.78 is 127. The van der Waals surface area contributed by atoms with Crippen molar-refractivity contribution in [1.29, 1.82) is 0 Å². The molecule has 230 valence electrons. The molecule has 0 aromatic heterocycles. The number of halogens is 6. The van der Waals surface area contributed by atoms with E-state index in [0.717, 1.165) is 25.3 Å². The summed E-state index contributed by atoms with van der Waals surface area (Å²) in [7, 11) is 2.27. The van der Waals surface area contributed by atoms with E-state index in [0.29, 0.717) is 0 Å². The SMILES string of the molecule is COC(=O)C12OC(C(=O)OC)(C3C4OC(c5ccccc54)C31)C1C3OC(C4C3C3OC4C4(C(F)(F)F)OC34C(F)(F)F)C12. The van der Waals surface area contributed by atoms with Crippen LogP contribution in [0, 0.1) is 35.5 Å². The standard InChI is InChI=1S/C28H22F6O9/c1-37-21(35)23-11-12(16-8-6-4-3-5-7(8)15(11)39-16)24(42-23,22(36)38-2)14-13(23)17-9-10(18(14)40-17)20-26(28(32,33)34)25(43-26,19(9)41-20)27(29,30)31/h3-6,9-20H,1-2H3. The van der Waals surface area contributed by atoms with Gasteiger partial charge in [-0.3, -0.25) is 0 Å². The van der Waals surface area contributed by atoms with Gasteiger partial charge in [-0.25, -0.2) is 9.59 Å². The number of ether oxygens (including phenoxy) is 7. The number of benzene rings is 1. The van der Waals surface area contributed by atoms with E-state index in [2.05, 4.69) is 0 Å². The van der Waals surface area contributed by atoms with E-state index < -0.39 is 119 Å². The van der Waals surface area contributed by atoms with E-state index in [9.17, 15) is 35.9 Å². The Bertz CT molecular complexity index is 1440. The molecular formula is C28H22F6O9. The van der Waals surface area contributed by atoms with Crippen LogP contribution in [-0.4, -0.2) is 85.3 Å². The number of hydrogen-bond donors (Lipinski definition) is 0. The van der Waals surface area contributed by atoms with Crippen molar-refractivity contribution in [2.24, 2.45) is 35.5 Å². The molecule has 0 saturated carbocycles. The van der Waals surface area contributed by atoms with E-state index in [1.165, 1.54) is 0 Å². The van der Waals surface area contributed by atoms with Crippen molar-refractivity contribution in [3.63, 3.8) is 0 Å². The topological polar surface area (TPSA) is 102 Å². The van der Waals surface area contributed by atoms with Gasteiger partial charge in [0, 0.05) is 35.5 Å². The summed E-state index contributed by atoms with van der Waals surface area (Å²) in [6, 6.07) is 7.26. The molecule has 1 aromatic carbocycles. The number of rotatable bonds is 2. The van der Waals surface area contributed by atoms with Crippen LogP contribution in [0.3, 0.4) is 0 Å². The maximum Gasteiger partial charge on any atom is 0.423 e. The van der Waals surface area contributed by atoms with Crippen molar-refractivity contribution in [2.75, 3.05) is 14.2 Å². The van der Waals surface area contributed by atoms with Crippen LogP contribution in [0.15, 0.2) is 24.3 Å².